The van der Waals surface area contributed by atoms with Crippen LogP contribution in [0.25, 0.3) is 0 Å². The number of hydrogen-bond acceptors (Lipinski definition) is 4. The summed E-state index contributed by atoms with van der Waals surface area (Å²) in [6.45, 7) is 4.24. The Kier molecular flexibility index (Phi) is 3.51. The largest absolute Gasteiger partial charge is 0.393 e. The monoisotopic (exact) mass is 322 g/mol. The van der Waals surface area contributed by atoms with Gasteiger partial charge < -0.3 is 15.3 Å². The highest BCUT2D eigenvalue weighted by atomic mass is 16.3. The molecule has 4 saturated carbocycles. The van der Waals surface area contributed by atoms with Crippen molar-refractivity contribution in [3.63, 3.8) is 0 Å². The van der Waals surface area contributed by atoms with Crippen LogP contribution in [0.1, 0.15) is 58.8 Å². The van der Waals surface area contributed by atoms with Gasteiger partial charge in [-0.25, -0.2) is 0 Å². The number of fused-ring (bicyclic) bond motifs is 5. The molecular weight excluding hydrogens is 292 g/mol. The van der Waals surface area contributed by atoms with Gasteiger partial charge in [-0.1, -0.05) is 6.92 Å². The molecule has 0 radical (unpaired) electrons. The third-order valence-corrected chi connectivity index (χ3v) is 8.47. The van der Waals surface area contributed by atoms with Gasteiger partial charge in [0.1, 0.15) is 5.78 Å². The Hall–Kier alpha value is -0.450. The van der Waals surface area contributed by atoms with E-state index < -0.39 is 17.6 Å². The van der Waals surface area contributed by atoms with Crippen molar-refractivity contribution in [2.45, 2.75) is 77.1 Å². The van der Waals surface area contributed by atoms with E-state index >= 15 is 0 Å². The average Bonchev–Trinajstić information content (AvgIpc) is 2.80. The summed E-state index contributed by atoms with van der Waals surface area (Å²) in [5, 5.41) is 31.8. The Morgan fingerprint density at radius 1 is 1.00 bits per heavy atom. The number of hydrogen-bond donors (Lipinski definition) is 3. The molecule has 0 aromatic heterocycles. The molecule has 4 aliphatic carbocycles. The maximum Gasteiger partial charge on any atom is 0.141 e. The SMILES string of the molecule is C[C@]12CC[C@@H](O)C[C@H]1C[C@@H](O)[C@@H]1[C@@H]2C[C@@H](O)[C@]2(C)C(=O)CC[C@@H]12. The normalized spacial score (nSPS) is 59.2. The number of carbonyl (C=O) groups is 1. The first kappa shape index (κ1) is 16.0. The molecule has 0 spiro atoms. The first-order valence-electron chi connectivity index (χ1n) is 9.36. The van der Waals surface area contributed by atoms with Gasteiger partial charge in [0.15, 0.2) is 0 Å². The molecule has 0 bridgehead atoms. The van der Waals surface area contributed by atoms with Crippen molar-refractivity contribution < 1.29 is 20.1 Å². The molecule has 9 atom stereocenters. The molecule has 0 unspecified atom stereocenters. The number of carbonyl (C=O) groups excluding carboxylic acids is 1. The van der Waals surface area contributed by atoms with Crippen molar-refractivity contribution in [1.29, 1.82) is 0 Å². The van der Waals surface area contributed by atoms with Gasteiger partial charge in [0.05, 0.1) is 23.7 Å². The molecule has 0 aromatic rings. The van der Waals surface area contributed by atoms with Crippen molar-refractivity contribution in [3.05, 3.63) is 0 Å². The summed E-state index contributed by atoms with van der Waals surface area (Å²) < 4.78 is 0. The molecule has 4 nitrogen and oxygen atoms in total. The van der Waals surface area contributed by atoms with Gasteiger partial charge in [0, 0.05) is 6.42 Å². The number of aliphatic hydroxyl groups is 3. The van der Waals surface area contributed by atoms with Crippen molar-refractivity contribution in [2.75, 3.05) is 0 Å². The van der Waals surface area contributed by atoms with Gasteiger partial charge in [0.2, 0.25) is 0 Å². The topological polar surface area (TPSA) is 77.8 Å². The molecular formula is C19H30O4. The Bertz CT molecular complexity index is 519. The van der Waals surface area contributed by atoms with E-state index in [1.165, 1.54) is 0 Å². The molecule has 4 fully saturated rings. The Morgan fingerprint density at radius 3 is 2.48 bits per heavy atom. The lowest BCUT2D eigenvalue weighted by Crippen LogP contribution is -2.62. The highest BCUT2D eigenvalue weighted by Crippen LogP contribution is 2.65. The van der Waals surface area contributed by atoms with E-state index in [4.69, 9.17) is 0 Å². The van der Waals surface area contributed by atoms with E-state index in [0.717, 1.165) is 32.1 Å². The first-order chi connectivity index (χ1) is 10.8. The molecule has 4 rings (SSSR count). The smallest absolute Gasteiger partial charge is 0.141 e. The molecule has 130 valence electrons. The molecule has 0 aliphatic heterocycles. The minimum atomic E-state index is -0.653. The van der Waals surface area contributed by atoms with E-state index in [0.29, 0.717) is 18.8 Å². The summed E-state index contributed by atoms with van der Waals surface area (Å²) in [5.74, 6) is 1.03. The third-order valence-electron chi connectivity index (χ3n) is 8.47. The van der Waals surface area contributed by atoms with Crippen molar-refractivity contribution in [1.82, 2.24) is 0 Å². The second-order valence-electron chi connectivity index (χ2n) is 9.22. The summed E-state index contributed by atoms with van der Waals surface area (Å²) in [7, 11) is 0. The predicted octanol–water partition coefficient (Wildman–Crippen LogP) is 1.90. The Morgan fingerprint density at radius 2 is 1.74 bits per heavy atom. The van der Waals surface area contributed by atoms with Crippen LogP contribution in [0.5, 0.6) is 0 Å². The van der Waals surface area contributed by atoms with Crippen molar-refractivity contribution in [2.24, 2.45) is 34.5 Å². The van der Waals surface area contributed by atoms with Crippen LogP contribution in [-0.2, 0) is 4.79 Å². The van der Waals surface area contributed by atoms with Gasteiger partial charge in [-0.2, -0.15) is 0 Å². The summed E-state index contributed by atoms with van der Waals surface area (Å²) >= 11 is 0. The lowest BCUT2D eigenvalue weighted by Gasteiger charge is -2.62. The summed E-state index contributed by atoms with van der Waals surface area (Å²) in [4.78, 5) is 12.5. The van der Waals surface area contributed by atoms with E-state index in [9.17, 15) is 20.1 Å². The highest BCUT2D eigenvalue weighted by molar-refractivity contribution is 5.87. The molecule has 0 amide bonds. The molecule has 4 heteroatoms. The van der Waals surface area contributed by atoms with Gasteiger partial charge in [0.25, 0.3) is 0 Å². The minimum absolute atomic E-state index is 0.0804. The summed E-state index contributed by atoms with van der Waals surface area (Å²) in [6.07, 6.45) is 4.07. The van der Waals surface area contributed by atoms with Crippen LogP contribution in [0.2, 0.25) is 0 Å². The lowest BCUT2D eigenvalue weighted by molar-refractivity contribution is -0.197. The fraction of sp³-hybridized carbons (Fsp3) is 0.947. The fourth-order valence-corrected chi connectivity index (χ4v) is 6.96. The van der Waals surface area contributed by atoms with Crippen LogP contribution >= 0.6 is 0 Å². The maximum atomic E-state index is 12.5. The number of ketones is 1. The zero-order valence-electron chi connectivity index (χ0n) is 14.2. The standard InChI is InChI=1S/C19H30O4/c1-18-6-5-11(20)7-10(18)8-14(21)17-12-3-4-15(22)19(12,2)16(23)9-13(17)18/h10-14,16-17,20-21,23H,3-9H2,1-2H3/t10-,11+,12-,13-,14+,16+,17-,18-,19-/m0/s1. The molecule has 3 N–H and O–H groups in total. The summed E-state index contributed by atoms with van der Waals surface area (Å²) in [6, 6.07) is 0. The molecule has 0 aromatic carbocycles. The molecule has 0 heterocycles. The van der Waals surface area contributed by atoms with Crippen LogP contribution in [0.4, 0.5) is 0 Å². The van der Waals surface area contributed by atoms with E-state index in [-0.39, 0.29) is 35.1 Å². The zero-order chi connectivity index (χ0) is 16.6. The van der Waals surface area contributed by atoms with Crippen LogP contribution in [0.15, 0.2) is 0 Å². The first-order valence-corrected chi connectivity index (χ1v) is 9.36. The van der Waals surface area contributed by atoms with Crippen molar-refractivity contribution in [3.8, 4) is 0 Å². The molecule has 0 saturated heterocycles. The van der Waals surface area contributed by atoms with Gasteiger partial charge in [-0.05, 0) is 74.5 Å². The third kappa shape index (κ3) is 1.98. The van der Waals surface area contributed by atoms with Crippen LogP contribution in [0.3, 0.4) is 0 Å². The van der Waals surface area contributed by atoms with Crippen LogP contribution in [0, 0.1) is 34.5 Å². The molecule has 4 aliphatic rings. The number of rotatable bonds is 0. The van der Waals surface area contributed by atoms with Crippen molar-refractivity contribution >= 4 is 5.78 Å². The van der Waals surface area contributed by atoms with Crippen LogP contribution in [-0.4, -0.2) is 39.4 Å². The summed E-state index contributed by atoms with van der Waals surface area (Å²) in [5.41, 5.74) is -0.573. The Balaban J connectivity index is 1.72. The minimum Gasteiger partial charge on any atom is -0.393 e. The lowest BCUT2D eigenvalue weighted by atomic mass is 9.44. The van der Waals surface area contributed by atoms with E-state index in [1.807, 2.05) is 6.92 Å². The zero-order valence-corrected chi connectivity index (χ0v) is 14.2. The quantitative estimate of drug-likeness (QED) is 0.636. The maximum absolute atomic E-state index is 12.5. The number of Topliss-reactive ketones (excluding diaryl/α,β-unsaturated/α-hetero) is 1. The van der Waals surface area contributed by atoms with Gasteiger partial charge in [-0.3, -0.25) is 4.79 Å². The number of aliphatic hydroxyl groups excluding tert-OH is 3. The van der Waals surface area contributed by atoms with E-state index in [1.54, 1.807) is 0 Å². The second-order valence-corrected chi connectivity index (χ2v) is 9.22. The van der Waals surface area contributed by atoms with Gasteiger partial charge in [-0.15, -0.1) is 0 Å². The fourth-order valence-electron chi connectivity index (χ4n) is 6.96. The van der Waals surface area contributed by atoms with E-state index in [2.05, 4.69) is 6.92 Å². The Labute approximate surface area is 138 Å². The second kappa shape index (κ2) is 5.03. The average molecular weight is 322 g/mol. The van der Waals surface area contributed by atoms with Gasteiger partial charge >= 0.3 is 0 Å². The predicted molar refractivity (Wildman–Crippen MR) is 85.5 cm³/mol. The van der Waals surface area contributed by atoms with Crippen LogP contribution < -0.4 is 0 Å². The highest BCUT2D eigenvalue weighted by Gasteiger charge is 2.65. The molecule has 23 heavy (non-hydrogen) atoms.